The number of carboxylic acid groups (broad SMARTS) is 1. The van der Waals surface area contributed by atoms with Crippen LogP contribution in [0.1, 0.15) is 63.0 Å². The molecular weight excluding hydrogens is 414 g/mol. The Hall–Kier alpha value is -3.15. The molecule has 6 nitrogen and oxygen atoms in total. The monoisotopic (exact) mass is 445 g/mol. The zero-order valence-electron chi connectivity index (χ0n) is 19.3. The van der Waals surface area contributed by atoms with Gasteiger partial charge in [-0.25, -0.2) is 0 Å². The molecular formula is C27H31N3O3. The first-order chi connectivity index (χ1) is 16.0. The largest absolute Gasteiger partial charge is 0.481 e. The SMILES string of the molecule is CC1=NOC(C)C1c1cnc2c(-c3ccc(CC(=O)O)cc3)cn(CC3CCCCC3)c2c1. The van der Waals surface area contributed by atoms with Crippen LogP contribution in [0.5, 0.6) is 0 Å². The fourth-order valence-electron chi connectivity index (χ4n) is 5.47. The average molecular weight is 446 g/mol. The van der Waals surface area contributed by atoms with Gasteiger partial charge in [0.1, 0.15) is 6.10 Å². The van der Waals surface area contributed by atoms with Gasteiger partial charge in [0.2, 0.25) is 0 Å². The summed E-state index contributed by atoms with van der Waals surface area (Å²) in [7, 11) is 0. The molecule has 2 atom stereocenters. The van der Waals surface area contributed by atoms with E-state index in [4.69, 9.17) is 14.9 Å². The Morgan fingerprint density at radius 2 is 1.94 bits per heavy atom. The number of aromatic nitrogens is 2. The normalized spacial score (nSPS) is 21.2. The second-order valence-corrected chi connectivity index (χ2v) is 9.62. The summed E-state index contributed by atoms with van der Waals surface area (Å²) >= 11 is 0. The Morgan fingerprint density at radius 3 is 2.61 bits per heavy atom. The van der Waals surface area contributed by atoms with Crippen LogP contribution in [0.4, 0.5) is 0 Å². The maximum atomic E-state index is 11.0. The smallest absolute Gasteiger partial charge is 0.307 e. The molecule has 1 aliphatic carbocycles. The van der Waals surface area contributed by atoms with E-state index in [0.717, 1.165) is 45.5 Å². The lowest BCUT2D eigenvalue weighted by molar-refractivity contribution is -0.136. The third-order valence-corrected chi connectivity index (χ3v) is 7.18. The minimum absolute atomic E-state index is 0.00672. The van der Waals surface area contributed by atoms with Crippen molar-refractivity contribution < 1.29 is 14.7 Å². The highest BCUT2D eigenvalue weighted by atomic mass is 16.6. The summed E-state index contributed by atoms with van der Waals surface area (Å²) in [6, 6.07) is 10.1. The minimum Gasteiger partial charge on any atom is -0.481 e. The second-order valence-electron chi connectivity index (χ2n) is 9.62. The Labute approximate surface area is 194 Å². The third kappa shape index (κ3) is 4.39. The van der Waals surface area contributed by atoms with Crippen molar-refractivity contribution in [3.05, 3.63) is 53.9 Å². The molecule has 3 heterocycles. The topological polar surface area (TPSA) is 76.7 Å². The molecule has 2 unspecified atom stereocenters. The molecule has 6 heteroatoms. The van der Waals surface area contributed by atoms with Crippen molar-refractivity contribution in [2.45, 2.75) is 70.9 Å². The predicted octanol–water partition coefficient (Wildman–Crippen LogP) is 5.79. The molecule has 2 aliphatic rings. The van der Waals surface area contributed by atoms with Crippen LogP contribution in [0.2, 0.25) is 0 Å². The number of hydrogen-bond donors (Lipinski definition) is 1. The molecule has 2 aromatic heterocycles. The molecule has 0 saturated heterocycles. The zero-order valence-corrected chi connectivity index (χ0v) is 19.3. The maximum absolute atomic E-state index is 11.0. The van der Waals surface area contributed by atoms with E-state index in [1.54, 1.807) is 0 Å². The van der Waals surface area contributed by atoms with Gasteiger partial charge in [0.05, 0.1) is 29.1 Å². The molecule has 0 bridgehead atoms. The molecule has 172 valence electrons. The molecule has 1 aliphatic heterocycles. The molecule has 33 heavy (non-hydrogen) atoms. The van der Waals surface area contributed by atoms with Crippen LogP contribution in [-0.2, 0) is 22.6 Å². The van der Waals surface area contributed by atoms with Crippen molar-refractivity contribution in [2.24, 2.45) is 11.1 Å². The van der Waals surface area contributed by atoms with E-state index < -0.39 is 5.97 Å². The highest BCUT2D eigenvalue weighted by Crippen LogP contribution is 2.36. The molecule has 1 N–H and O–H groups in total. The fraction of sp³-hybridized carbons (Fsp3) is 0.444. The summed E-state index contributed by atoms with van der Waals surface area (Å²) in [6.45, 7) is 5.08. The first-order valence-corrected chi connectivity index (χ1v) is 12.0. The van der Waals surface area contributed by atoms with E-state index >= 15 is 0 Å². The Kier molecular flexibility index (Phi) is 5.92. The van der Waals surface area contributed by atoms with Crippen molar-refractivity contribution >= 4 is 22.7 Å². The summed E-state index contributed by atoms with van der Waals surface area (Å²) in [4.78, 5) is 21.5. The van der Waals surface area contributed by atoms with Crippen molar-refractivity contribution in [3.8, 4) is 11.1 Å². The highest BCUT2D eigenvalue weighted by molar-refractivity contribution is 5.95. The first kappa shape index (κ1) is 21.7. The summed E-state index contributed by atoms with van der Waals surface area (Å²) < 4.78 is 2.38. The number of rotatable bonds is 6. The van der Waals surface area contributed by atoms with Crippen LogP contribution in [0.3, 0.4) is 0 Å². The molecule has 0 radical (unpaired) electrons. The standard InChI is InChI=1S/C27H31N3O3/c1-17-26(18(2)33-29-17)22-13-24-27(28-14-22)23(16-30(24)15-20-6-4-3-5-7-20)21-10-8-19(9-11-21)12-25(31)32/h8-11,13-14,16,18,20,26H,3-7,12,15H2,1-2H3,(H,31,32). The lowest BCUT2D eigenvalue weighted by atomic mass is 9.89. The van der Waals surface area contributed by atoms with Crippen molar-refractivity contribution in [1.82, 2.24) is 9.55 Å². The highest BCUT2D eigenvalue weighted by Gasteiger charge is 2.30. The number of pyridine rings is 1. The number of aliphatic carboxylic acids is 1. The maximum Gasteiger partial charge on any atom is 0.307 e. The Balaban J connectivity index is 1.56. The summed E-state index contributed by atoms with van der Waals surface area (Å²) in [5.41, 5.74) is 7.22. The number of benzene rings is 1. The molecule has 0 amide bonds. The molecule has 3 aromatic rings. The van der Waals surface area contributed by atoms with Crippen LogP contribution in [0.15, 0.2) is 47.9 Å². The van der Waals surface area contributed by atoms with Gasteiger partial charge in [-0.1, -0.05) is 48.7 Å². The van der Waals surface area contributed by atoms with E-state index in [-0.39, 0.29) is 18.4 Å². The minimum atomic E-state index is -0.815. The second kappa shape index (κ2) is 9.00. The van der Waals surface area contributed by atoms with E-state index in [1.807, 2.05) is 37.4 Å². The number of carboxylic acids is 1. The number of hydrogen-bond acceptors (Lipinski definition) is 4. The zero-order chi connectivity index (χ0) is 22.9. The number of carbonyl (C=O) groups is 1. The summed E-state index contributed by atoms with van der Waals surface area (Å²) in [5.74, 6) is 0.00417. The average Bonchev–Trinajstić information content (AvgIpc) is 3.33. The lowest BCUT2D eigenvalue weighted by Gasteiger charge is -2.22. The van der Waals surface area contributed by atoms with Gasteiger partial charge in [-0.15, -0.1) is 0 Å². The van der Waals surface area contributed by atoms with Gasteiger partial charge in [-0.05, 0) is 55.4 Å². The third-order valence-electron chi connectivity index (χ3n) is 7.18. The van der Waals surface area contributed by atoms with E-state index in [9.17, 15) is 4.79 Å². The van der Waals surface area contributed by atoms with Gasteiger partial charge in [-0.3, -0.25) is 9.78 Å². The Morgan fingerprint density at radius 1 is 1.18 bits per heavy atom. The van der Waals surface area contributed by atoms with Crippen molar-refractivity contribution in [1.29, 1.82) is 0 Å². The fourth-order valence-corrected chi connectivity index (χ4v) is 5.47. The van der Waals surface area contributed by atoms with Crippen LogP contribution in [0, 0.1) is 5.92 Å². The summed E-state index contributed by atoms with van der Waals surface area (Å²) in [6.07, 6.45) is 10.8. The van der Waals surface area contributed by atoms with Gasteiger partial charge in [0.25, 0.3) is 0 Å². The van der Waals surface area contributed by atoms with Crippen LogP contribution in [0.25, 0.3) is 22.2 Å². The van der Waals surface area contributed by atoms with Gasteiger partial charge in [-0.2, -0.15) is 0 Å². The number of nitrogens with zero attached hydrogens (tertiary/aromatic N) is 3. The van der Waals surface area contributed by atoms with E-state index in [1.165, 1.54) is 32.1 Å². The van der Waals surface area contributed by atoms with Crippen molar-refractivity contribution in [3.63, 3.8) is 0 Å². The lowest BCUT2D eigenvalue weighted by Crippen LogP contribution is -2.17. The Bertz CT molecular complexity index is 1190. The quantitative estimate of drug-likeness (QED) is 0.521. The number of oxime groups is 1. The first-order valence-electron chi connectivity index (χ1n) is 12.0. The van der Waals surface area contributed by atoms with Crippen LogP contribution < -0.4 is 0 Å². The van der Waals surface area contributed by atoms with Gasteiger partial charge in [0.15, 0.2) is 0 Å². The summed E-state index contributed by atoms with van der Waals surface area (Å²) in [5, 5.41) is 13.3. The van der Waals surface area contributed by atoms with E-state index in [2.05, 4.69) is 28.9 Å². The van der Waals surface area contributed by atoms with Gasteiger partial charge < -0.3 is 14.5 Å². The molecule has 1 fully saturated rings. The van der Waals surface area contributed by atoms with Crippen LogP contribution >= 0.6 is 0 Å². The van der Waals surface area contributed by atoms with Gasteiger partial charge in [0, 0.05) is 24.5 Å². The predicted molar refractivity (Wildman–Crippen MR) is 129 cm³/mol. The van der Waals surface area contributed by atoms with Gasteiger partial charge >= 0.3 is 5.97 Å². The molecule has 5 rings (SSSR count). The van der Waals surface area contributed by atoms with Crippen LogP contribution in [-0.4, -0.2) is 32.4 Å². The molecule has 0 spiro atoms. The van der Waals surface area contributed by atoms with Crippen molar-refractivity contribution in [2.75, 3.05) is 0 Å². The van der Waals surface area contributed by atoms with E-state index in [0.29, 0.717) is 5.92 Å². The number of fused-ring (bicyclic) bond motifs is 1. The molecule has 1 aromatic carbocycles. The molecule has 1 saturated carbocycles.